The minimum absolute atomic E-state index is 0.232. The summed E-state index contributed by atoms with van der Waals surface area (Å²) in [5, 5.41) is 2.40. The van der Waals surface area contributed by atoms with Crippen LogP contribution in [0.1, 0.15) is 15.2 Å². The summed E-state index contributed by atoms with van der Waals surface area (Å²) >= 11 is 13.2. The predicted molar refractivity (Wildman–Crippen MR) is 74.3 cm³/mol. The molecule has 0 aliphatic carbocycles. The van der Waals surface area contributed by atoms with Gasteiger partial charge in [-0.1, -0.05) is 29.3 Å². The zero-order valence-corrected chi connectivity index (χ0v) is 11.5. The number of esters is 1. The number of hydrogen-bond acceptors (Lipinski definition) is 4. The molecule has 1 heterocycles. The van der Waals surface area contributed by atoms with Crippen LogP contribution in [0.25, 0.3) is 0 Å². The highest BCUT2D eigenvalue weighted by atomic mass is 35.5. The van der Waals surface area contributed by atoms with E-state index in [9.17, 15) is 4.79 Å². The molecule has 0 spiro atoms. The van der Waals surface area contributed by atoms with Crippen molar-refractivity contribution in [1.29, 1.82) is 0 Å². The molecule has 6 heteroatoms. The molecule has 3 nitrogen and oxygen atoms in total. The lowest BCUT2D eigenvalue weighted by atomic mass is 10.2. The second kappa shape index (κ2) is 5.61. The van der Waals surface area contributed by atoms with Crippen LogP contribution in [0.15, 0.2) is 29.6 Å². The Hall–Kier alpha value is -1.23. The van der Waals surface area contributed by atoms with Crippen LogP contribution >= 0.6 is 34.5 Å². The van der Waals surface area contributed by atoms with Crippen LogP contribution in [0.4, 0.5) is 5.69 Å². The van der Waals surface area contributed by atoms with Gasteiger partial charge in [0.05, 0.1) is 21.3 Å². The number of thiophene rings is 1. The van der Waals surface area contributed by atoms with Crippen LogP contribution in [-0.4, -0.2) is 5.97 Å². The number of ether oxygens (including phenoxy) is 1. The summed E-state index contributed by atoms with van der Waals surface area (Å²) in [5.41, 5.74) is 6.13. The van der Waals surface area contributed by atoms with Gasteiger partial charge in [0.2, 0.25) is 0 Å². The molecule has 1 aromatic heterocycles. The van der Waals surface area contributed by atoms with E-state index < -0.39 is 5.97 Å². The zero-order valence-electron chi connectivity index (χ0n) is 9.15. The second-order valence-electron chi connectivity index (χ2n) is 3.51. The Morgan fingerprint density at radius 3 is 2.56 bits per heavy atom. The Balaban J connectivity index is 2.09. The van der Waals surface area contributed by atoms with E-state index in [1.807, 2.05) is 17.5 Å². The summed E-state index contributed by atoms with van der Waals surface area (Å²) in [6.07, 6.45) is 0. The van der Waals surface area contributed by atoms with E-state index in [1.165, 1.54) is 23.5 Å². The molecule has 2 rings (SSSR count). The average molecular weight is 302 g/mol. The first-order valence-electron chi connectivity index (χ1n) is 5.02. The summed E-state index contributed by atoms with van der Waals surface area (Å²) in [6.45, 7) is 0.232. The molecule has 0 amide bonds. The predicted octanol–water partition coefficient (Wildman–Crippen LogP) is 3.99. The molecule has 0 bridgehead atoms. The van der Waals surface area contributed by atoms with Gasteiger partial charge in [-0.05, 0) is 23.6 Å². The summed E-state index contributed by atoms with van der Waals surface area (Å²) in [6, 6.07) is 6.67. The number of anilines is 1. The van der Waals surface area contributed by atoms with Crippen molar-refractivity contribution in [2.24, 2.45) is 0 Å². The normalized spacial score (nSPS) is 10.3. The highest BCUT2D eigenvalue weighted by Gasteiger charge is 2.12. The van der Waals surface area contributed by atoms with Crippen molar-refractivity contribution < 1.29 is 9.53 Å². The maximum Gasteiger partial charge on any atom is 0.338 e. The maximum absolute atomic E-state index is 11.8. The molecule has 2 aromatic rings. The molecule has 0 aliphatic heterocycles. The van der Waals surface area contributed by atoms with Crippen molar-refractivity contribution in [2.45, 2.75) is 6.61 Å². The molecule has 18 heavy (non-hydrogen) atoms. The highest BCUT2D eigenvalue weighted by Crippen LogP contribution is 2.29. The van der Waals surface area contributed by atoms with Crippen molar-refractivity contribution in [3.05, 3.63) is 50.1 Å². The van der Waals surface area contributed by atoms with Crippen LogP contribution in [0.5, 0.6) is 0 Å². The van der Waals surface area contributed by atoms with E-state index in [4.69, 9.17) is 33.7 Å². The van der Waals surface area contributed by atoms with E-state index in [1.54, 1.807) is 0 Å². The second-order valence-corrected chi connectivity index (χ2v) is 5.36. The largest absolute Gasteiger partial charge is 0.456 e. The fourth-order valence-corrected chi connectivity index (χ4v) is 2.42. The van der Waals surface area contributed by atoms with Gasteiger partial charge in [-0.25, -0.2) is 4.79 Å². The molecule has 94 valence electrons. The lowest BCUT2D eigenvalue weighted by Crippen LogP contribution is -2.05. The lowest BCUT2D eigenvalue weighted by Gasteiger charge is -2.06. The quantitative estimate of drug-likeness (QED) is 0.689. The summed E-state index contributed by atoms with van der Waals surface area (Å²) in [4.78, 5) is 12.7. The Morgan fingerprint density at radius 2 is 2.00 bits per heavy atom. The molecule has 0 fully saturated rings. The van der Waals surface area contributed by atoms with Crippen LogP contribution < -0.4 is 5.73 Å². The van der Waals surface area contributed by atoms with Crippen molar-refractivity contribution in [1.82, 2.24) is 0 Å². The molecule has 0 unspecified atom stereocenters. The van der Waals surface area contributed by atoms with E-state index in [-0.39, 0.29) is 27.9 Å². The van der Waals surface area contributed by atoms with Crippen molar-refractivity contribution in [3.8, 4) is 0 Å². The van der Waals surface area contributed by atoms with Gasteiger partial charge in [0.15, 0.2) is 0 Å². The number of hydrogen-bond donors (Lipinski definition) is 1. The maximum atomic E-state index is 11.8. The first-order valence-corrected chi connectivity index (χ1v) is 6.65. The number of halogens is 2. The third-order valence-electron chi connectivity index (χ3n) is 2.24. The van der Waals surface area contributed by atoms with Gasteiger partial charge >= 0.3 is 5.97 Å². The number of nitrogen functional groups attached to an aromatic ring is 1. The van der Waals surface area contributed by atoms with Gasteiger partial charge in [-0.2, -0.15) is 0 Å². The van der Waals surface area contributed by atoms with Crippen LogP contribution in [0.2, 0.25) is 10.0 Å². The number of nitrogens with two attached hydrogens (primary N) is 1. The highest BCUT2D eigenvalue weighted by molar-refractivity contribution is 7.09. The van der Waals surface area contributed by atoms with Crippen molar-refractivity contribution in [2.75, 3.05) is 5.73 Å². The third-order valence-corrected chi connectivity index (χ3v) is 3.72. The third kappa shape index (κ3) is 2.96. The molecule has 0 saturated heterocycles. The summed E-state index contributed by atoms with van der Waals surface area (Å²) in [5.74, 6) is -0.479. The van der Waals surface area contributed by atoms with Crippen LogP contribution in [0.3, 0.4) is 0 Å². The van der Waals surface area contributed by atoms with Gasteiger partial charge < -0.3 is 10.5 Å². The minimum atomic E-state index is -0.479. The average Bonchev–Trinajstić information content (AvgIpc) is 2.85. The Labute approximate surface area is 118 Å². The van der Waals surface area contributed by atoms with Gasteiger partial charge in [0.1, 0.15) is 6.61 Å². The standard InChI is InChI=1S/C12H9Cl2NO2S/c13-9-4-7(5-10(14)11(9)15)12(16)17-6-8-2-1-3-18-8/h1-5H,6,15H2. The molecule has 0 radical (unpaired) electrons. The summed E-state index contributed by atoms with van der Waals surface area (Å²) < 4.78 is 5.14. The van der Waals surface area contributed by atoms with E-state index in [2.05, 4.69) is 0 Å². The van der Waals surface area contributed by atoms with E-state index in [0.717, 1.165) is 4.88 Å². The summed E-state index contributed by atoms with van der Waals surface area (Å²) in [7, 11) is 0. The zero-order chi connectivity index (χ0) is 13.1. The van der Waals surface area contributed by atoms with Gasteiger partial charge in [-0.3, -0.25) is 0 Å². The molecule has 0 atom stereocenters. The molecule has 0 saturated carbocycles. The number of benzene rings is 1. The minimum Gasteiger partial charge on any atom is -0.456 e. The van der Waals surface area contributed by atoms with Gasteiger partial charge in [0, 0.05) is 4.88 Å². The van der Waals surface area contributed by atoms with Crippen LogP contribution in [-0.2, 0) is 11.3 Å². The van der Waals surface area contributed by atoms with E-state index in [0.29, 0.717) is 0 Å². The molecular formula is C12H9Cl2NO2S. The Bertz CT molecular complexity index is 546. The van der Waals surface area contributed by atoms with Gasteiger partial charge in [0.25, 0.3) is 0 Å². The van der Waals surface area contributed by atoms with Crippen molar-refractivity contribution >= 4 is 46.2 Å². The number of carbonyl (C=O) groups excluding carboxylic acids is 1. The Kier molecular flexibility index (Phi) is 4.11. The number of carbonyl (C=O) groups is 1. The first kappa shape index (κ1) is 13.2. The van der Waals surface area contributed by atoms with E-state index >= 15 is 0 Å². The fraction of sp³-hybridized carbons (Fsp3) is 0.0833. The molecular weight excluding hydrogens is 293 g/mol. The Morgan fingerprint density at radius 1 is 1.33 bits per heavy atom. The number of rotatable bonds is 3. The monoisotopic (exact) mass is 301 g/mol. The first-order chi connectivity index (χ1) is 8.58. The molecule has 0 aliphatic rings. The van der Waals surface area contributed by atoms with Crippen molar-refractivity contribution in [3.63, 3.8) is 0 Å². The van der Waals surface area contributed by atoms with Crippen LogP contribution in [0, 0.1) is 0 Å². The topological polar surface area (TPSA) is 52.3 Å². The molecule has 1 aromatic carbocycles. The molecule has 2 N–H and O–H groups in total. The lowest BCUT2D eigenvalue weighted by molar-refractivity contribution is 0.0477. The SMILES string of the molecule is Nc1c(Cl)cc(C(=O)OCc2cccs2)cc1Cl. The fourth-order valence-electron chi connectivity index (χ4n) is 1.32. The van der Waals surface area contributed by atoms with Gasteiger partial charge in [-0.15, -0.1) is 11.3 Å². The smallest absolute Gasteiger partial charge is 0.338 e.